The summed E-state index contributed by atoms with van der Waals surface area (Å²) in [5, 5.41) is 9.89. The lowest BCUT2D eigenvalue weighted by Gasteiger charge is -2.00. The summed E-state index contributed by atoms with van der Waals surface area (Å²) in [6.45, 7) is 4.00. The van der Waals surface area contributed by atoms with Crippen molar-refractivity contribution in [3.05, 3.63) is 37.0 Å². The Balaban J connectivity index is 0.000000771. The van der Waals surface area contributed by atoms with E-state index in [9.17, 15) is 0 Å². The molecule has 0 aliphatic rings. The number of rotatable bonds is 1. The van der Waals surface area contributed by atoms with Crippen LogP contribution in [-0.4, -0.2) is 4.98 Å². The van der Waals surface area contributed by atoms with Gasteiger partial charge in [0.2, 0.25) is 0 Å². The Hall–Kier alpha value is -0.600. The molecule has 0 saturated heterocycles. The maximum Gasteiger partial charge on any atom is 0.161 e. The minimum absolute atomic E-state index is 0.451. The minimum Gasteiger partial charge on any atom is -0.228 e. The fourth-order valence-corrected chi connectivity index (χ4v) is 2.78. The SMILES string of the molecule is CC.N#Cc1sc(Br)nc1-c1ccc(Cl)c(Cl)c1. The van der Waals surface area contributed by atoms with Crippen molar-refractivity contribution in [2.24, 2.45) is 0 Å². The van der Waals surface area contributed by atoms with Crippen LogP contribution in [0.3, 0.4) is 0 Å². The zero-order valence-electron chi connectivity index (χ0n) is 9.67. The number of hydrogen-bond acceptors (Lipinski definition) is 3. The summed E-state index contributed by atoms with van der Waals surface area (Å²) < 4.78 is 0.671. The van der Waals surface area contributed by atoms with Gasteiger partial charge in [-0.25, -0.2) is 4.98 Å². The molecule has 0 aliphatic heterocycles. The van der Waals surface area contributed by atoms with E-state index in [1.165, 1.54) is 11.3 Å². The highest BCUT2D eigenvalue weighted by Gasteiger charge is 2.12. The van der Waals surface area contributed by atoms with E-state index >= 15 is 0 Å². The van der Waals surface area contributed by atoms with Gasteiger partial charge in [0.15, 0.2) is 3.92 Å². The second kappa shape index (κ2) is 7.10. The molecule has 0 unspecified atom stereocenters. The molecule has 0 bridgehead atoms. The fourth-order valence-electron chi connectivity index (χ4n) is 1.21. The summed E-state index contributed by atoms with van der Waals surface area (Å²) in [7, 11) is 0. The van der Waals surface area contributed by atoms with Crippen LogP contribution in [-0.2, 0) is 0 Å². The molecule has 0 atom stereocenters. The van der Waals surface area contributed by atoms with Gasteiger partial charge in [-0.3, -0.25) is 0 Å². The van der Waals surface area contributed by atoms with Crippen molar-refractivity contribution >= 4 is 50.5 Å². The predicted octanol–water partition coefficient (Wildman–Crippen LogP) is 5.78. The molecule has 0 amide bonds. The molecular formula is C12H9BrCl2N2S. The molecule has 0 aliphatic carbocycles. The van der Waals surface area contributed by atoms with Gasteiger partial charge in [-0.1, -0.05) is 54.5 Å². The lowest BCUT2D eigenvalue weighted by atomic mass is 10.1. The Morgan fingerprint density at radius 2 is 1.94 bits per heavy atom. The van der Waals surface area contributed by atoms with Gasteiger partial charge in [-0.05, 0) is 28.1 Å². The molecule has 18 heavy (non-hydrogen) atoms. The summed E-state index contributed by atoms with van der Waals surface area (Å²) in [4.78, 5) is 4.78. The maximum absolute atomic E-state index is 8.96. The van der Waals surface area contributed by atoms with Gasteiger partial charge in [0.25, 0.3) is 0 Å². The zero-order valence-corrected chi connectivity index (χ0v) is 13.6. The van der Waals surface area contributed by atoms with E-state index in [-0.39, 0.29) is 0 Å². The maximum atomic E-state index is 8.96. The van der Waals surface area contributed by atoms with Crippen LogP contribution < -0.4 is 0 Å². The molecule has 0 saturated carbocycles. The van der Waals surface area contributed by atoms with Gasteiger partial charge < -0.3 is 0 Å². The van der Waals surface area contributed by atoms with Crippen LogP contribution in [0.15, 0.2) is 22.1 Å². The zero-order chi connectivity index (χ0) is 13.7. The molecule has 6 heteroatoms. The predicted molar refractivity (Wildman–Crippen MR) is 81.3 cm³/mol. The molecule has 2 aromatic rings. The Morgan fingerprint density at radius 1 is 1.28 bits per heavy atom. The van der Waals surface area contributed by atoms with Crippen molar-refractivity contribution < 1.29 is 0 Å². The lowest BCUT2D eigenvalue weighted by molar-refractivity contribution is 1.36. The van der Waals surface area contributed by atoms with Gasteiger partial charge in [0, 0.05) is 5.56 Å². The molecule has 2 rings (SSSR count). The molecule has 0 fully saturated rings. The van der Waals surface area contributed by atoms with E-state index < -0.39 is 0 Å². The first-order valence-corrected chi connectivity index (χ1v) is 7.50. The molecule has 1 heterocycles. The monoisotopic (exact) mass is 362 g/mol. The standard InChI is InChI=1S/C10H3BrCl2N2S.C2H6/c11-10-15-9(8(4-14)16-10)5-1-2-6(12)7(13)3-5;1-2/h1-3H;1-2H3. The number of hydrogen-bond donors (Lipinski definition) is 0. The van der Waals surface area contributed by atoms with Crippen LogP contribution in [0.1, 0.15) is 18.7 Å². The second-order valence-electron chi connectivity index (χ2n) is 2.89. The Bertz CT molecular complexity index is 590. The van der Waals surface area contributed by atoms with Crippen LogP contribution in [0.2, 0.25) is 10.0 Å². The minimum atomic E-state index is 0.451. The molecule has 0 radical (unpaired) electrons. The largest absolute Gasteiger partial charge is 0.228 e. The normalized spacial score (nSPS) is 9.33. The molecule has 2 nitrogen and oxygen atoms in total. The smallest absolute Gasteiger partial charge is 0.161 e. The van der Waals surface area contributed by atoms with E-state index in [2.05, 4.69) is 27.0 Å². The van der Waals surface area contributed by atoms with Crippen molar-refractivity contribution in [1.82, 2.24) is 4.98 Å². The van der Waals surface area contributed by atoms with E-state index in [0.29, 0.717) is 24.5 Å². The average Bonchev–Trinajstić information content (AvgIpc) is 2.76. The highest BCUT2D eigenvalue weighted by molar-refractivity contribution is 9.11. The van der Waals surface area contributed by atoms with Gasteiger partial charge >= 0.3 is 0 Å². The summed E-state index contributed by atoms with van der Waals surface area (Å²) >= 11 is 16.3. The number of benzene rings is 1. The quantitative estimate of drug-likeness (QED) is 0.644. The third-order valence-electron chi connectivity index (χ3n) is 1.90. The first-order chi connectivity index (χ1) is 8.61. The molecule has 94 valence electrons. The Kier molecular flexibility index (Phi) is 6.10. The van der Waals surface area contributed by atoms with Gasteiger partial charge in [0.05, 0.1) is 10.0 Å². The number of halogens is 3. The highest BCUT2D eigenvalue weighted by Crippen LogP contribution is 2.33. The first-order valence-electron chi connectivity index (χ1n) is 5.13. The van der Waals surface area contributed by atoms with Gasteiger partial charge in [-0.15, -0.1) is 0 Å². The van der Waals surface area contributed by atoms with E-state index in [0.717, 1.165) is 5.56 Å². The van der Waals surface area contributed by atoms with Crippen molar-refractivity contribution in [3.8, 4) is 17.3 Å². The lowest BCUT2D eigenvalue weighted by Crippen LogP contribution is -1.81. The Labute approximate surface area is 128 Å². The summed E-state index contributed by atoms with van der Waals surface area (Å²) in [6.07, 6.45) is 0. The highest BCUT2D eigenvalue weighted by atomic mass is 79.9. The van der Waals surface area contributed by atoms with Crippen molar-refractivity contribution in [2.45, 2.75) is 13.8 Å². The second-order valence-corrected chi connectivity index (χ2v) is 5.97. The fraction of sp³-hybridized carbons (Fsp3) is 0.167. The van der Waals surface area contributed by atoms with Crippen LogP contribution in [0.5, 0.6) is 0 Å². The summed E-state index contributed by atoms with van der Waals surface area (Å²) in [5.74, 6) is 0. The van der Waals surface area contributed by atoms with Crippen molar-refractivity contribution in [3.63, 3.8) is 0 Å². The number of nitrogens with zero attached hydrogens (tertiary/aromatic N) is 2. The molecule has 1 aromatic heterocycles. The number of aromatic nitrogens is 1. The van der Waals surface area contributed by atoms with Crippen LogP contribution in [0.25, 0.3) is 11.3 Å². The topological polar surface area (TPSA) is 36.7 Å². The molecule has 0 spiro atoms. The first kappa shape index (κ1) is 15.5. The Morgan fingerprint density at radius 3 is 2.50 bits per heavy atom. The van der Waals surface area contributed by atoms with E-state index in [1.807, 2.05) is 13.8 Å². The molecular weight excluding hydrogens is 355 g/mol. The number of nitriles is 1. The molecule has 1 aromatic carbocycles. The van der Waals surface area contributed by atoms with Crippen molar-refractivity contribution in [2.75, 3.05) is 0 Å². The molecule has 0 N–H and O–H groups in total. The summed E-state index contributed by atoms with van der Waals surface area (Å²) in [5.41, 5.74) is 1.41. The van der Waals surface area contributed by atoms with Gasteiger partial charge in [0.1, 0.15) is 16.6 Å². The van der Waals surface area contributed by atoms with Gasteiger partial charge in [-0.2, -0.15) is 5.26 Å². The third-order valence-corrected chi connectivity index (χ3v) is 4.05. The van der Waals surface area contributed by atoms with Crippen LogP contribution >= 0.6 is 50.5 Å². The average molecular weight is 364 g/mol. The third kappa shape index (κ3) is 3.46. The van der Waals surface area contributed by atoms with Crippen molar-refractivity contribution in [1.29, 1.82) is 5.26 Å². The summed E-state index contributed by atoms with van der Waals surface area (Å²) in [6, 6.07) is 7.28. The number of thiazole rings is 1. The van der Waals surface area contributed by atoms with E-state index in [4.69, 9.17) is 28.5 Å². The van der Waals surface area contributed by atoms with E-state index in [1.54, 1.807) is 18.2 Å². The van der Waals surface area contributed by atoms with Crippen LogP contribution in [0.4, 0.5) is 0 Å². The van der Waals surface area contributed by atoms with Crippen LogP contribution in [0, 0.1) is 11.3 Å².